The second-order valence-corrected chi connectivity index (χ2v) is 15.3. The fourth-order valence-corrected chi connectivity index (χ4v) is 10.9. The number of fused-ring (bicyclic) bond motifs is 3. The Balaban J connectivity index is 1.52. The van der Waals surface area contributed by atoms with E-state index in [1.54, 1.807) is 20.5 Å². The second-order valence-electron chi connectivity index (χ2n) is 9.58. The molecule has 186 valence electrons. The standard InChI is InChI=1S/C28H42Br2S3/c1-3-5-7-9-11-13-15-17-19-21-23-25(32-27(21)29)26-24(31-23)22(28(30)33-26)20-18-16-14-12-10-8-6-4-2/h3-20H2,1-2H3. The molecule has 0 aliphatic heterocycles. The van der Waals surface area contributed by atoms with Gasteiger partial charge in [0.25, 0.3) is 0 Å². The first-order valence-electron chi connectivity index (χ1n) is 13.5. The average molecular weight is 635 g/mol. The molecule has 0 amide bonds. The summed E-state index contributed by atoms with van der Waals surface area (Å²) in [5.41, 5.74) is 3.17. The van der Waals surface area contributed by atoms with Crippen LogP contribution in [0.5, 0.6) is 0 Å². The zero-order chi connectivity index (χ0) is 23.5. The molecule has 3 aromatic heterocycles. The summed E-state index contributed by atoms with van der Waals surface area (Å²) in [5.74, 6) is 0. The van der Waals surface area contributed by atoms with Crippen molar-refractivity contribution in [1.29, 1.82) is 0 Å². The van der Waals surface area contributed by atoms with Gasteiger partial charge >= 0.3 is 0 Å². The van der Waals surface area contributed by atoms with E-state index in [9.17, 15) is 0 Å². The van der Waals surface area contributed by atoms with Crippen LogP contribution in [0, 0.1) is 0 Å². The van der Waals surface area contributed by atoms with Gasteiger partial charge in [0.2, 0.25) is 0 Å². The first-order valence-corrected chi connectivity index (χ1v) is 17.5. The fraction of sp³-hybridized carbons (Fsp3) is 0.714. The van der Waals surface area contributed by atoms with Crippen molar-refractivity contribution >= 4 is 84.7 Å². The first kappa shape index (κ1) is 28.2. The fourth-order valence-electron chi connectivity index (χ4n) is 4.76. The number of hydrogen-bond acceptors (Lipinski definition) is 3. The molecule has 0 aliphatic rings. The third kappa shape index (κ3) is 8.30. The summed E-state index contributed by atoms with van der Waals surface area (Å²) in [4.78, 5) is 0. The highest BCUT2D eigenvalue weighted by Gasteiger charge is 2.21. The lowest BCUT2D eigenvalue weighted by molar-refractivity contribution is 0.576. The molecule has 0 aromatic carbocycles. The van der Waals surface area contributed by atoms with E-state index in [0.29, 0.717) is 0 Å². The van der Waals surface area contributed by atoms with Gasteiger partial charge in [-0.3, -0.25) is 0 Å². The molecule has 0 radical (unpaired) electrons. The van der Waals surface area contributed by atoms with Crippen LogP contribution in [-0.4, -0.2) is 0 Å². The Morgan fingerprint density at radius 1 is 0.424 bits per heavy atom. The molecule has 5 heteroatoms. The molecule has 0 aliphatic carbocycles. The Morgan fingerprint density at radius 3 is 1.12 bits per heavy atom. The lowest BCUT2D eigenvalue weighted by Crippen LogP contribution is -1.86. The van der Waals surface area contributed by atoms with E-state index in [1.165, 1.54) is 133 Å². The largest absolute Gasteiger partial charge is 0.133 e. The van der Waals surface area contributed by atoms with E-state index in [4.69, 9.17) is 0 Å². The van der Waals surface area contributed by atoms with Crippen LogP contribution in [0.3, 0.4) is 0 Å². The molecule has 0 fully saturated rings. The summed E-state index contributed by atoms with van der Waals surface area (Å²) < 4.78 is 8.96. The van der Waals surface area contributed by atoms with Gasteiger partial charge in [0, 0.05) is 0 Å². The van der Waals surface area contributed by atoms with Crippen LogP contribution in [0.4, 0.5) is 0 Å². The predicted octanol–water partition coefficient (Wildman–Crippen LogP) is 13.1. The van der Waals surface area contributed by atoms with E-state index in [0.717, 1.165) is 0 Å². The van der Waals surface area contributed by atoms with Crippen molar-refractivity contribution in [1.82, 2.24) is 0 Å². The van der Waals surface area contributed by atoms with Gasteiger partial charge in [0.05, 0.1) is 26.4 Å². The molecule has 0 N–H and O–H groups in total. The van der Waals surface area contributed by atoms with Crippen molar-refractivity contribution in [3.05, 3.63) is 18.7 Å². The highest BCUT2D eigenvalue weighted by Crippen LogP contribution is 2.51. The Bertz CT molecular complexity index is 875. The molecule has 0 saturated carbocycles. The van der Waals surface area contributed by atoms with Crippen molar-refractivity contribution in [3.63, 3.8) is 0 Å². The normalized spacial score (nSPS) is 12.0. The Kier molecular flexibility index (Phi) is 13.3. The van der Waals surface area contributed by atoms with Crippen LogP contribution >= 0.6 is 65.9 Å². The zero-order valence-corrected chi connectivity index (χ0v) is 26.3. The third-order valence-corrected chi connectivity index (χ3v) is 12.5. The molecule has 3 heterocycles. The zero-order valence-electron chi connectivity index (χ0n) is 20.7. The molecule has 0 bridgehead atoms. The van der Waals surface area contributed by atoms with Gasteiger partial charge in [-0.25, -0.2) is 0 Å². The van der Waals surface area contributed by atoms with Crippen molar-refractivity contribution < 1.29 is 0 Å². The topological polar surface area (TPSA) is 0 Å². The monoisotopic (exact) mass is 632 g/mol. The summed E-state index contributed by atoms with van der Waals surface area (Å²) in [6.45, 7) is 4.60. The van der Waals surface area contributed by atoms with Gasteiger partial charge in [0.15, 0.2) is 0 Å². The highest BCUT2D eigenvalue weighted by atomic mass is 79.9. The van der Waals surface area contributed by atoms with Gasteiger partial charge in [-0.15, -0.1) is 34.0 Å². The predicted molar refractivity (Wildman–Crippen MR) is 163 cm³/mol. The van der Waals surface area contributed by atoms with E-state index in [-0.39, 0.29) is 0 Å². The molecule has 0 spiro atoms. The maximum Gasteiger partial charge on any atom is 0.0751 e. The lowest BCUT2D eigenvalue weighted by Gasteiger charge is -2.03. The summed E-state index contributed by atoms with van der Waals surface area (Å²) >= 11 is 13.8. The minimum absolute atomic E-state index is 1.23. The van der Waals surface area contributed by atoms with Crippen LogP contribution in [-0.2, 0) is 12.8 Å². The van der Waals surface area contributed by atoms with Crippen LogP contribution in [0.25, 0.3) is 18.8 Å². The number of halogens is 2. The second kappa shape index (κ2) is 15.6. The molecule has 3 rings (SSSR count). The minimum atomic E-state index is 1.23. The quantitative estimate of drug-likeness (QED) is 0.122. The molecule has 0 saturated heterocycles. The molecule has 33 heavy (non-hydrogen) atoms. The number of unbranched alkanes of at least 4 members (excludes halogenated alkanes) is 14. The van der Waals surface area contributed by atoms with Gasteiger partial charge < -0.3 is 0 Å². The Labute approximate surface area is 231 Å². The van der Waals surface area contributed by atoms with Gasteiger partial charge in [0.1, 0.15) is 0 Å². The highest BCUT2D eigenvalue weighted by molar-refractivity contribution is 9.11. The van der Waals surface area contributed by atoms with Crippen molar-refractivity contribution in [2.24, 2.45) is 0 Å². The molecular weight excluding hydrogens is 592 g/mol. The number of thiophene rings is 3. The summed E-state index contributed by atoms with van der Waals surface area (Å²) in [7, 11) is 0. The first-order chi connectivity index (χ1) is 16.2. The smallest absolute Gasteiger partial charge is 0.0751 e. The maximum absolute atomic E-state index is 3.91. The van der Waals surface area contributed by atoms with Crippen molar-refractivity contribution in [2.75, 3.05) is 0 Å². The lowest BCUT2D eigenvalue weighted by atomic mass is 10.1. The van der Waals surface area contributed by atoms with Gasteiger partial charge in [-0.2, -0.15) is 0 Å². The molecular formula is C28H42Br2S3. The minimum Gasteiger partial charge on any atom is -0.133 e. The van der Waals surface area contributed by atoms with Gasteiger partial charge in [-0.1, -0.05) is 104 Å². The van der Waals surface area contributed by atoms with Crippen LogP contribution in [0.1, 0.15) is 128 Å². The summed E-state index contributed by atoms with van der Waals surface area (Å²) in [5, 5.41) is 0. The molecule has 0 unspecified atom stereocenters. The van der Waals surface area contributed by atoms with E-state index in [2.05, 4.69) is 57.0 Å². The van der Waals surface area contributed by atoms with Crippen molar-refractivity contribution in [3.8, 4) is 0 Å². The van der Waals surface area contributed by atoms with Crippen molar-refractivity contribution in [2.45, 2.75) is 129 Å². The third-order valence-electron chi connectivity index (χ3n) is 6.79. The number of hydrogen-bond donors (Lipinski definition) is 0. The Morgan fingerprint density at radius 2 is 0.758 bits per heavy atom. The Hall–Kier alpha value is 0.580. The summed E-state index contributed by atoms with van der Waals surface area (Å²) in [6.07, 6.45) is 24.8. The SMILES string of the molecule is CCCCCCCCCCc1c(Br)sc2c1sc1c(CCCCCCCCCC)c(Br)sc12. The summed E-state index contributed by atoms with van der Waals surface area (Å²) in [6, 6.07) is 0. The number of rotatable bonds is 18. The van der Waals surface area contributed by atoms with E-state index in [1.807, 2.05) is 22.7 Å². The van der Waals surface area contributed by atoms with Crippen LogP contribution in [0.2, 0.25) is 0 Å². The van der Waals surface area contributed by atoms with Crippen LogP contribution in [0.15, 0.2) is 7.57 Å². The molecule has 0 nitrogen and oxygen atoms in total. The maximum atomic E-state index is 3.91. The average Bonchev–Trinajstić information content (AvgIpc) is 3.40. The van der Waals surface area contributed by atoms with E-state index < -0.39 is 0 Å². The van der Waals surface area contributed by atoms with E-state index >= 15 is 0 Å². The van der Waals surface area contributed by atoms with Crippen LogP contribution < -0.4 is 0 Å². The number of aryl methyl sites for hydroxylation is 2. The van der Waals surface area contributed by atoms with Gasteiger partial charge in [-0.05, 0) is 68.7 Å². The molecule has 3 aromatic rings. The molecule has 0 atom stereocenters.